The highest BCUT2D eigenvalue weighted by atomic mass is 16.6. The lowest BCUT2D eigenvalue weighted by Crippen LogP contribution is -2.02. The zero-order valence-corrected chi connectivity index (χ0v) is 18.0. The van der Waals surface area contributed by atoms with Crippen molar-refractivity contribution in [2.24, 2.45) is 0 Å². The van der Waals surface area contributed by atoms with E-state index in [-0.39, 0.29) is 11.5 Å². The molecule has 0 bridgehead atoms. The standard InChI is InChI=1S/C25H33NO4/c1-2-3-4-5-6-7-8-9-10-11-20-30-24-18-14-22(15-19-24)25(27)21-12-16-23(17-13-21)26(28)29/h12-19H,2-11,20H2,1H3. The van der Waals surface area contributed by atoms with Crippen LogP contribution in [0.15, 0.2) is 48.5 Å². The summed E-state index contributed by atoms with van der Waals surface area (Å²) in [5, 5.41) is 10.7. The number of benzene rings is 2. The SMILES string of the molecule is CCCCCCCCCCCCOc1ccc(C(=O)c2ccc([N+](=O)[O-])cc2)cc1. The van der Waals surface area contributed by atoms with E-state index in [2.05, 4.69) is 6.92 Å². The van der Waals surface area contributed by atoms with E-state index in [4.69, 9.17) is 4.74 Å². The van der Waals surface area contributed by atoms with E-state index >= 15 is 0 Å². The van der Waals surface area contributed by atoms with Crippen molar-refractivity contribution in [3.8, 4) is 5.75 Å². The summed E-state index contributed by atoms with van der Waals surface area (Å²) in [6.07, 6.45) is 12.9. The molecule has 0 unspecified atom stereocenters. The molecule has 0 aromatic heterocycles. The maximum atomic E-state index is 12.5. The Hall–Kier alpha value is -2.69. The molecule has 2 aromatic carbocycles. The van der Waals surface area contributed by atoms with Gasteiger partial charge in [0.1, 0.15) is 5.75 Å². The van der Waals surface area contributed by atoms with Gasteiger partial charge in [-0.15, -0.1) is 0 Å². The van der Waals surface area contributed by atoms with E-state index in [9.17, 15) is 14.9 Å². The number of nitrogens with zero attached hydrogens (tertiary/aromatic N) is 1. The molecule has 0 aliphatic carbocycles. The van der Waals surface area contributed by atoms with Gasteiger partial charge in [-0.05, 0) is 42.8 Å². The zero-order chi connectivity index (χ0) is 21.6. The number of unbranched alkanes of at least 4 members (excludes halogenated alkanes) is 9. The van der Waals surface area contributed by atoms with Gasteiger partial charge in [-0.1, -0.05) is 64.7 Å². The second kappa shape index (κ2) is 13.5. The van der Waals surface area contributed by atoms with E-state index < -0.39 is 4.92 Å². The predicted octanol–water partition coefficient (Wildman–Crippen LogP) is 7.13. The Morgan fingerprint density at radius 2 is 1.23 bits per heavy atom. The molecule has 30 heavy (non-hydrogen) atoms. The van der Waals surface area contributed by atoms with Crippen LogP contribution in [0.1, 0.15) is 87.1 Å². The monoisotopic (exact) mass is 411 g/mol. The molecule has 0 aliphatic heterocycles. The van der Waals surface area contributed by atoms with Crippen molar-refractivity contribution in [2.45, 2.75) is 71.1 Å². The molecule has 0 radical (unpaired) electrons. The van der Waals surface area contributed by atoms with Gasteiger partial charge in [-0.2, -0.15) is 0 Å². The van der Waals surface area contributed by atoms with Crippen LogP contribution in [0, 0.1) is 10.1 Å². The van der Waals surface area contributed by atoms with Gasteiger partial charge in [0, 0.05) is 23.3 Å². The third-order valence-corrected chi connectivity index (χ3v) is 5.22. The van der Waals surface area contributed by atoms with Crippen LogP contribution in [0.4, 0.5) is 5.69 Å². The van der Waals surface area contributed by atoms with Crippen molar-refractivity contribution in [3.63, 3.8) is 0 Å². The number of nitro benzene ring substituents is 1. The molecule has 0 amide bonds. The third kappa shape index (κ3) is 8.36. The quantitative estimate of drug-likeness (QED) is 0.135. The number of ketones is 1. The fourth-order valence-corrected chi connectivity index (χ4v) is 3.38. The minimum Gasteiger partial charge on any atom is -0.494 e. The smallest absolute Gasteiger partial charge is 0.269 e. The molecular weight excluding hydrogens is 378 g/mol. The molecule has 2 aromatic rings. The Bertz CT molecular complexity index is 769. The molecule has 0 aliphatic rings. The van der Waals surface area contributed by atoms with E-state index in [1.165, 1.54) is 82.1 Å². The molecule has 5 nitrogen and oxygen atoms in total. The minimum atomic E-state index is -0.477. The van der Waals surface area contributed by atoms with E-state index in [1.54, 1.807) is 24.3 Å². The lowest BCUT2D eigenvalue weighted by atomic mass is 10.0. The summed E-state index contributed by atoms with van der Waals surface area (Å²) in [5.41, 5.74) is 0.942. The van der Waals surface area contributed by atoms with Gasteiger partial charge in [-0.3, -0.25) is 14.9 Å². The Kier molecular flexibility index (Phi) is 10.6. The fourth-order valence-electron chi connectivity index (χ4n) is 3.38. The summed E-state index contributed by atoms with van der Waals surface area (Å²) in [7, 11) is 0. The number of nitro groups is 1. The van der Waals surface area contributed by atoms with Crippen LogP contribution in [-0.4, -0.2) is 17.3 Å². The first-order chi connectivity index (χ1) is 14.6. The Morgan fingerprint density at radius 1 is 0.767 bits per heavy atom. The largest absolute Gasteiger partial charge is 0.494 e. The van der Waals surface area contributed by atoms with Crippen molar-refractivity contribution in [1.82, 2.24) is 0 Å². The molecule has 0 N–H and O–H groups in total. The number of hydrogen-bond donors (Lipinski definition) is 0. The van der Waals surface area contributed by atoms with Gasteiger partial charge < -0.3 is 4.74 Å². The Morgan fingerprint density at radius 3 is 1.73 bits per heavy atom. The first-order valence-electron chi connectivity index (χ1n) is 11.1. The average molecular weight is 412 g/mol. The molecule has 0 saturated carbocycles. The molecule has 2 rings (SSSR count). The Balaban J connectivity index is 1.63. The summed E-state index contributed by atoms with van der Waals surface area (Å²) < 4.78 is 5.77. The van der Waals surface area contributed by atoms with E-state index in [0.717, 1.165) is 12.2 Å². The highest BCUT2D eigenvalue weighted by molar-refractivity contribution is 6.09. The van der Waals surface area contributed by atoms with Gasteiger partial charge in [0.2, 0.25) is 0 Å². The maximum absolute atomic E-state index is 12.5. The molecule has 5 heteroatoms. The second-order valence-electron chi connectivity index (χ2n) is 7.69. The van der Waals surface area contributed by atoms with Crippen LogP contribution >= 0.6 is 0 Å². The number of non-ortho nitro benzene ring substituents is 1. The zero-order valence-electron chi connectivity index (χ0n) is 18.0. The molecule has 0 atom stereocenters. The van der Waals surface area contributed by atoms with Crippen molar-refractivity contribution in [1.29, 1.82) is 0 Å². The molecule has 0 fully saturated rings. The van der Waals surface area contributed by atoms with Gasteiger partial charge >= 0.3 is 0 Å². The van der Waals surface area contributed by atoms with Gasteiger partial charge in [0.15, 0.2) is 5.78 Å². The fraction of sp³-hybridized carbons (Fsp3) is 0.480. The first-order valence-corrected chi connectivity index (χ1v) is 11.1. The Labute approximate surface area is 179 Å². The van der Waals surface area contributed by atoms with Crippen LogP contribution < -0.4 is 4.74 Å². The molecule has 0 saturated heterocycles. The van der Waals surface area contributed by atoms with E-state index in [0.29, 0.717) is 17.7 Å². The van der Waals surface area contributed by atoms with Crippen molar-refractivity contribution < 1.29 is 14.5 Å². The van der Waals surface area contributed by atoms with Gasteiger partial charge in [0.25, 0.3) is 5.69 Å². The summed E-state index contributed by atoms with van der Waals surface area (Å²) in [5.74, 6) is 0.595. The first kappa shape index (κ1) is 23.6. The number of hydrogen-bond acceptors (Lipinski definition) is 4. The van der Waals surface area contributed by atoms with Crippen molar-refractivity contribution in [2.75, 3.05) is 6.61 Å². The lowest BCUT2D eigenvalue weighted by Gasteiger charge is -2.07. The molecule has 0 heterocycles. The highest BCUT2D eigenvalue weighted by Gasteiger charge is 2.11. The third-order valence-electron chi connectivity index (χ3n) is 5.22. The summed E-state index contributed by atoms with van der Waals surface area (Å²) in [4.78, 5) is 22.7. The predicted molar refractivity (Wildman–Crippen MR) is 120 cm³/mol. The molecular formula is C25H33NO4. The normalized spacial score (nSPS) is 10.7. The summed E-state index contributed by atoms with van der Waals surface area (Å²) in [6.45, 7) is 2.93. The van der Waals surface area contributed by atoms with Gasteiger partial charge in [0.05, 0.1) is 11.5 Å². The average Bonchev–Trinajstić information content (AvgIpc) is 2.77. The highest BCUT2D eigenvalue weighted by Crippen LogP contribution is 2.18. The topological polar surface area (TPSA) is 69.4 Å². The van der Waals surface area contributed by atoms with Crippen LogP contribution in [0.3, 0.4) is 0 Å². The second-order valence-corrected chi connectivity index (χ2v) is 7.69. The number of carbonyl (C=O) groups is 1. The van der Waals surface area contributed by atoms with E-state index in [1.807, 2.05) is 0 Å². The number of carbonyl (C=O) groups excluding carboxylic acids is 1. The number of rotatable bonds is 15. The van der Waals surface area contributed by atoms with Crippen molar-refractivity contribution in [3.05, 3.63) is 69.8 Å². The van der Waals surface area contributed by atoms with Crippen LogP contribution in [0.25, 0.3) is 0 Å². The molecule has 162 valence electrons. The van der Waals surface area contributed by atoms with Crippen LogP contribution in [0.5, 0.6) is 5.75 Å². The van der Waals surface area contributed by atoms with Crippen LogP contribution in [-0.2, 0) is 0 Å². The lowest BCUT2D eigenvalue weighted by molar-refractivity contribution is -0.384. The van der Waals surface area contributed by atoms with Crippen molar-refractivity contribution >= 4 is 11.5 Å². The summed E-state index contributed by atoms with van der Waals surface area (Å²) in [6, 6.07) is 12.7. The maximum Gasteiger partial charge on any atom is 0.269 e. The molecule has 0 spiro atoms. The van der Waals surface area contributed by atoms with Gasteiger partial charge in [-0.25, -0.2) is 0 Å². The van der Waals surface area contributed by atoms with Crippen LogP contribution in [0.2, 0.25) is 0 Å². The summed E-state index contributed by atoms with van der Waals surface area (Å²) >= 11 is 0. The number of ether oxygens (including phenoxy) is 1. The minimum absolute atomic E-state index is 0.0257.